The summed E-state index contributed by atoms with van der Waals surface area (Å²) in [4.78, 5) is 8.87. The van der Waals surface area contributed by atoms with Crippen LogP contribution in [0.4, 0.5) is 18.9 Å². The second-order valence-corrected chi connectivity index (χ2v) is 9.48. The molecule has 36 heavy (non-hydrogen) atoms. The van der Waals surface area contributed by atoms with Gasteiger partial charge in [-0.05, 0) is 61.9 Å². The number of rotatable bonds is 7. The maximum atomic E-state index is 15.1. The van der Waals surface area contributed by atoms with Crippen molar-refractivity contribution in [3.05, 3.63) is 71.5 Å². The van der Waals surface area contributed by atoms with Crippen molar-refractivity contribution in [1.82, 2.24) is 9.88 Å². The Hall–Kier alpha value is -3.32. The summed E-state index contributed by atoms with van der Waals surface area (Å²) in [5.41, 5.74) is 2.58. The highest BCUT2D eigenvalue weighted by molar-refractivity contribution is 5.78. The molecule has 0 unspecified atom stereocenters. The summed E-state index contributed by atoms with van der Waals surface area (Å²) in [6, 6.07) is 12.9. The first-order valence-corrected chi connectivity index (χ1v) is 12.6. The van der Waals surface area contributed by atoms with E-state index in [9.17, 15) is 0 Å². The van der Waals surface area contributed by atoms with Gasteiger partial charge in [0.15, 0.2) is 17.2 Å². The number of benzene rings is 3. The standard InChI is InChI=1S/C29H30F3N3O/c1-3-4-5-12-34-13-15-35(16-14-34)20-7-8-21(24(30)18-20)22-9-10-23(28(32)27(22)31)29-33-25-17-19(2)6-11-26(25)36-29/h6-11,17-18H,3-5,12-16H2,1-2H3. The summed E-state index contributed by atoms with van der Waals surface area (Å²) in [5.74, 6) is -2.83. The van der Waals surface area contributed by atoms with E-state index in [1.165, 1.54) is 43.5 Å². The number of oxazole rings is 1. The van der Waals surface area contributed by atoms with E-state index in [0.717, 1.165) is 44.0 Å². The van der Waals surface area contributed by atoms with Crippen LogP contribution >= 0.6 is 0 Å². The Labute approximate surface area is 209 Å². The molecule has 5 rings (SSSR count). The number of unbranched alkanes of at least 4 members (excludes halogenated alkanes) is 2. The van der Waals surface area contributed by atoms with E-state index in [4.69, 9.17) is 4.42 Å². The molecule has 3 aromatic carbocycles. The predicted octanol–water partition coefficient (Wildman–Crippen LogP) is 7.20. The van der Waals surface area contributed by atoms with E-state index >= 15 is 13.2 Å². The van der Waals surface area contributed by atoms with E-state index in [1.54, 1.807) is 12.1 Å². The molecule has 188 valence electrons. The zero-order chi connectivity index (χ0) is 25.2. The molecule has 0 saturated carbocycles. The van der Waals surface area contributed by atoms with Crippen molar-refractivity contribution in [3.8, 4) is 22.6 Å². The van der Waals surface area contributed by atoms with Crippen LogP contribution in [0.3, 0.4) is 0 Å². The third kappa shape index (κ3) is 4.85. The minimum atomic E-state index is -1.13. The molecule has 1 aliphatic heterocycles. The van der Waals surface area contributed by atoms with Gasteiger partial charge in [-0.15, -0.1) is 0 Å². The van der Waals surface area contributed by atoms with Crippen LogP contribution in [0.1, 0.15) is 31.7 Å². The van der Waals surface area contributed by atoms with Gasteiger partial charge in [-0.25, -0.2) is 18.2 Å². The zero-order valence-corrected chi connectivity index (χ0v) is 20.7. The number of hydrogen-bond acceptors (Lipinski definition) is 4. The van der Waals surface area contributed by atoms with Crippen molar-refractivity contribution in [1.29, 1.82) is 0 Å². The number of aromatic nitrogens is 1. The lowest BCUT2D eigenvalue weighted by molar-refractivity contribution is 0.252. The monoisotopic (exact) mass is 493 g/mol. The Morgan fingerprint density at radius 1 is 0.833 bits per heavy atom. The quantitative estimate of drug-likeness (QED) is 0.255. The normalized spacial score (nSPS) is 14.6. The van der Waals surface area contributed by atoms with Crippen LogP contribution in [0.5, 0.6) is 0 Å². The lowest BCUT2D eigenvalue weighted by atomic mass is 10.0. The average Bonchev–Trinajstić information content (AvgIpc) is 3.29. The molecule has 1 fully saturated rings. The summed E-state index contributed by atoms with van der Waals surface area (Å²) >= 11 is 0. The van der Waals surface area contributed by atoms with Crippen molar-refractivity contribution in [2.75, 3.05) is 37.6 Å². The third-order valence-electron chi connectivity index (χ3n) is 6.91. The van der Waals surface area contributed by atoms with Gasteiger partial charge in [0.25, 0.3) is 0 Å². The van der Waals surface area contributed by atoms with Gasteiger partial charge in [0.05, 0.1) is 5.56 Å². The Balaban J connectivity index is 1.35. The van der Waals surface area contributed by atoms with Crippen molar-refractivity contribution in [2.45, 2.75) is 33.1 Å². The van der Waals surface area contributed by atoms with Gasteiger partial charge in [0.2, 0.25) is 5.89 Å². The SMILES string of the molecule is CCCCCN1CCN(c2ccc(-c3ccc(-c4nc5cc(C)ccc5o4)c(F)c3F)c(F)c2)CC1. The molecule has 7 heteroatoms. The summed E-state index contributed by atoms with van der Waals surface area (Å²) in [5, 5.41) is 0. The molecule has 2 heterocycles. The van der Waals surface area contributed by atoms with Crippen LogP contribution in [0.2, 0.25) is 0 Å². The van der Waals surface area contributed by atoms with Gasteiger partial charge in [0.1, 0.15) is 11.3 Å². The average molecular weight is 494 g/mol. The molecular weight excluding hydrogens is 463 g/mol. The molecule has 0 radical (unpaired) electrons. The van der Waals surface area contributed by atoms with Crippen LogP contribution in [-0.4, -0.2) is 42.6 Å². The number of piperazine rings is 1. The Morgan fingerprint density at radius 2 is 1.56 bits per heavy atom. The number of anilines is 1. The molecule has 0 aliphatic carbocycles. The highest BCUT2D eigenvalue weighted by Gasteiger charge is 2.23. The summed E-state index contributed by atoms with van der Waals surface area (Å²) in [6.45, 7) is 8.70. The minimum absolute atomic E-state index is 0.0109. The third-order valence-corrected chi connectivity index (χ3v) is 6.91. The van der Waals surface area contributed by atoms with Crippen LogP contribution < -0.4 is 4.90 Å². The molecule has 4 aromatic rings. The fraction of sp³-hybridized carbons (Fsp3) is 0.345. The summed E-state index contributed by atoms with van der Waals surface area (Å²) in [7, 11) is 0. The first-order valence-electron chi connectivity index (χ1n) is 12.6. The first kappa shape index (κ1) is 24.4. The molecule has 1 aromatic heterocycles. The lowest BCUT2D eigenvalue weighted by Gasteiger charge is -2.36. The number of nitrogens with zero attached hydrogens (tertiary/aromatic N) is 3. The molecule has 0 spiro atoms. The Kier molecular flexibility index (Phi) is 7.01. The minimum Gasteiger partial charge on any atom is -0.436 e. The van der Waals surface area contributed by atoms with Crippen molar-refractivity contribution < 1.29 is 17.6 Å². The largest absolute Gasteiger partial charge is 0.436 e. The van der Waals surface area contributed by atoms with E-state index in [1.807, 2.05) is 19.1 Å². The summed E-state index contributed by atoms with van der Waals surface area (Å²) in [6.07, 6.45) is 3.64. The van der Waals surface area contributed by atoms with Gasteiger partial charge < -0.3 is 9.32 Å². The van der Waals surface area contributed by atoms with Crippen molar-refractivity contribution in [3.63, 3.8) is 0 Å². The molecule has 0 N–H and O–H groups in total. The van der Waals surface area contributed by atoms with E-state index < -0.39 is 17.5 Å². The fourth-order valence-electron chi connectivity index (χ4n) is 4.81. The topological polar surface area (TPSA) is 32.5 Å². The second-order valence-electron chi connectivity index (χ2n) is 9.48. The smallest absolute Gasteiger partial charge is 0.230 e. The van der Waals surface area contributed by atoms with E-state index in [2.05, 4.69) is 21.7 Å². The van der Waals surface area contributed by atoms with Crippen LogP contribution in [-0.2, 0) is 0 Å². The summed E-state index contributed by atoms with van der Waals surface area (Å²) < 4.78 is 51.0. The first-order chi connectivity index (χ1) is 17.4. The van der Waals surface area contributed by atoms with E-state index in [0.29, 0.717) is 11.1 Å². The highest BCUT2D eigenvalue weighted by atomic mass is 19.2. The maximum Gasteiger partial charge on any atom is 0.230 e. The van der Waals surface area contributed by atoms with Crippen LogP contribution in [0.25, 0.3) is 33.7 Å². The number of hydrogen-bond donors (Lipinski definition) is 0. The van der Waals surface area contributed by atoms with Crippen molar-refractivity contribution >= 4 is 16.8 Å². The van der Waals surface area contributed by atoms with E-state index in [-0.39, 0.29) is 22.6 Å². The predicted molar refractivity (Wildman–Crippen MR) is 138 cm³/mol. The molecule has 0 bridgehead atoms. The second kappa shape index (κ2) is 10.3. The maximum absolute atomic E-state index is 15.1. The molecular formula is C29H30F3N3O. The molecule has 4 nitrogen and oxygen atoms in total. The van der Waals surface area contributed by atoms with Gasteiger partial charge in [-0.1, -0.05) is 31.9 Å². The van der Waals surface area contributed by atoms with Gasteiger partial charge in [-0.2, -0.15) is 0 Å². The fourth-order valence-corrected chi connectivity index (χ4v) is 4.81. The zero-order valence-electron chi connectivity index (χ0n) is 20.7. The Bertz CT molecular complexity index is 1380. The number of fused-ring (bicyclic) bond motifs is 1. The van der Waals surface area contributed by atoms with Gasteiger partial charge >= 0.3 is 0 Å². The van der Waals surface area contributed by atoms with Gasteiger partial charge in [0, 0.05) is 43.0 Å². The van der Waals surface area contributed by atoms with Crippen LogP contribution in [0.15, 0.2) is 52.9 Å². The van der Waals surface area contributed by atoms with Crippen molar-refractivity contribution in [2.24, 2.45) is 0 Å². The van der Waals surface area contributed by atoms with Crippen LogP contribution in [0, 0.1) is 24.4 Å². The Morgan fingerprint density at radius 3 is 2.31 bits per heavy atom. The molecule has 1 saturated heterocycles. The number of halogens is 3. The van der Waals surface area contributed by atoms with Gasteiger partial charge in [-0.3, -0.25) is 4.90 Å². The lowest BCUT2D eigenvalue weighted by Crippen LogP contribution is -2.46. The number of aryl methyl sites for hydroxylation is 1. The molecule has 1 aliphatic rings. The molecule has 0 atom stereocenters. The molecule has 0 amide bonds. The highest BCUT2D eigenvalue weighted by Crippen LogP contribution is 2.35.